The molecule has 9 aromatic rings. The van der Waals surface area contributed by atoms with E-state index < -0.39 is 5.97 Å². The molecule has 2 N–H and O–H groups in total. The van der Waals surface area contributed by atoms with Crippen molar-refractivity contribution in [2.45, 2.75) is 0 Å². The number of aromatic amines is 2. The molecule has 284 valence electrons. The normalized spacial score (nSPS) is 11.9. The Morgan fingerprint density at radius 2 is 0.817 bits per heavy atom. The van der Waals surface area contributed by atoms with E-state index in [4.69, 9.17) is 14.8 Å². The summed E-state index contributed by atoms with van der Waals surface area (Å²) >= 11 is 0. The molecule has 0 amide bonds. The average Bonchev–Trinajstić information content (AvgIpc) is 4.17. The Balaban J connectivity index is 1.17. The summed E-state index contributed by atoms with van der Waals surface area (Å²) < 4.78 is 0. The minimum atomic E-state index is -0.556. The van der Waals surface area contributed by atoms with Gasteiger partial charge in [0.05, 0.1) is 28.3 Å². The minimum Gasteiger partial charge on any atom is -0.354 e. The molecule has 0 fully saturated rings. The van der Waals surface area contributed by atoms with Crippen molar-refractivity contribution in [3.8, 4) is 44.5 Å². The molecule has 5 aromatic carbocycles. The number of hydrogen-bond donors (Lipinski definition) is 2. The third-order valence-corrected chi connectivity index (χ3v) is 10.8. The van der Waals surface area contributed by atoms with Crippen LogP contribution in [0, 0.1) is 0 Å². The first kappa shape index (κ1) is 34.8. The van der Waals surface area contributed by atoms with Crippen LogP contribution in [0.5, 0.6) is 0 Å². The molecule has 2 aliphatic rings. The molecule has 9 heteroatoms. The van der Waals surface area contributed by atoms with Crippen molar-refractivity contribution >= 4 is 63.4 Å². The summed E-state index contributed by atoms with van der Waals surface area (Å²) in [7, 11) is 0. The molecule has 4 aromatic heterocycles. The second-order valence-corrected chi connectivity index (χ2v) is 14.5. The lowest BCUT2D eigenvalue weighted by Gasteiger charge is -2.08. The van der Waals surface area contributed by atoms with Crippen LogP contribution in [0.3, 0.4) is 0 Å². The fraction of sp³-hybridized carbons (Fsp3) is 0. The molecule has 6 heterocycles. The van der Waals surface area contributed by atoms with Gasteiger partial charge in [-0.3, -0.25) is 0 Å². The van der Waals surface area contributed by atoms with Crippen LogP contribution >= 0.6 is 0 Å². The van der Waals surface area contributed by atoms with Gasteiger partial charge in [-0.05, 0) is 100 Å². The highest BCUT2D eigenvalue weighted by Crippen LogP contribution is 2.38. The monoisotopic (exact) mass is 775 g/mol. The van der Waals surface area contributed by atoms with E-state index >= 15 is 0 Å². The molecule has 9 nitrogen and oxygen atoms in total. The lowest BCUT2D eigenvalue weighted by atomic mass is 10.0. The number of aromatic nitrogens is 7. The molecule has 0 saturated heterocycles. The second kappa shape index (κ2) is 14.5. The molecule has 0 unspecified atom stereocenters. The number of carbonyl (C=O) groups is 1. The van der Waals surface area contributed by atoms with Gasteiger partial charge in [0.25, 0.3) is 0 Å². The largest absolute Gasteiger partial charge is 0.365 e. The number of para-hydroxylation sites is 1. The highest BCUT2D eigenvalue weighted by atomic mass is 16.7. The SMILES string of the molecule is O=C(On1nnc2ccccc21)c1ccc(-c2c3nc(c(-c4ccccc4)c4ccc([nH]4)c(-c4ccccc4)c4nc(c(-c5ccccc5)c5ccc2[nH]5)C=C4)C=C3)cc1. The van der Waals surface area contributed by atoms with Crippen LogP contribution in [0.2, 0.25) is 0 Å². The van der Waals surface area contributed by atoms with Gasteiger partial charge in [0, 0.05) is 44.3 Å². The first-order valence-corrected chi connectivity index (χ1v) is 19.6. The van der Waals surface area contributed by atoms with Crippen LogP contribution in [-0.4, -0.2) is 41.1 Å². The topological polar surface area (TPSA) is 114 Å². The maximum atomic E-state index is 13.4. The quantitative estimate of drug-likeness (QED) is 0.163. The summed E-state index contributed by atoms with van der Waals surface area (Å²) in [5.41, 5.74) is 16.3. The zero-order valence-corrected chi connectivity index (χ0v) is 32.0. The van der Waals surface area contributed by atoms with Gasteiger partial charge in [-0.25, -0.2) is 14.8 Å². The summed E-state index contributed by atoms with van der Waals surface area (Å²) in [6.45, 7) is 0. The molecule has 0 spiro atoms. The van der Waals surface area contributed by atoms with Gasteiger partial charge in [-0.15, -0.1) is 5.10 Å². The highest BCUT2D eigenvalue weighted by Gasteiger charge is 2.20. The van der Waals surface area contributed by atoms with Gasteiger partial charge in [-0.1, -0.05) is 120 Å². The average molecular weight is 776 g/mol. The summed E-state index contributed by atoms with van der Waals surface area (Å²) in [5.74, 6) is -0.556. The summed E-state index contributed by atoms with van der Waals surface area (Å²) in [5, 5.41) is 8.12. The van der Waals surface area contributed by atoms with Crippen LogP contribution in [0.15, 0.2) is 164 Å². The van der Waals surface area contributed by atoms with Crippen molar-refractivity contribution in [3.63, 3.8) is 0 Å². The minimum absolute atomic E-state index is 0.363. The smallest absolute Gasteiger partial charge is 0.354 e. The molecule has 11 rings (SSSR count). The van der Waals surface area contributed by atoms with E-state index in [1.54, 1.807) is 18.2 Å². The Hall–Kier alpha value is -8.43. The van der Waals surface area contributed by atoms with Gasteiger partial charge in [-0.2, -0.15) is 0 Å². The van der Waals surface area contributed by atoms with E-state index in [-0.39, 0.29) is 0 Å². The van der Waals surface area contributed by atoms with Crippen molar-refractivity contribution < 1.29 is 9.63 Å². The molecular weight excluding hydrogens is 743 g/mol. The van der Waals surface area contributed by atoms with Gasteiger partial charge < -0.3 is 14.8 Å². The number of nitrogens with one attached hydrogen (secondary N) is 2. The number of nitrogens with zero attached hydrogens (tertiary/aromatic N) is 5. The molecule has 0 aliphatic carbocycles. The molecule has 60 heavy (non-hydrogen) atoms. The predicted molar refractivity (Wildman–Crippen MR) is 239 cm³/mol. The number of carbonyl (C=O) groups excluding carboxylic acids is 1. The number of benzene rings is 5. The van der Waals surface area contributed by atoms with E-state index in [9.17, 15) is 4.79 Å². The first-order chi connectivity index (χ1) is 29.6. The zero-order valence-electron chi connectivity index (χ0n) is 32.0. The van der Waals surface area contributed by atoms with Crippen LogP contribution < -0.4 is 4.84 Å². The van der Waals surface area contributed by atoms with Gasteiger partial charge in [0.15, 0.2) is 0 Å². The van der Waals surface area contributed by atoms with Crippen molar-refractivity contribution in [2.24, 2.45) is 0 Å². The van der Waals surface area contributed by atoms with Crippen LogP contribution in [-0.2, 0) is 0 Å². The van der Waals surface area contributed by atoms with Crippen molar-refractivity contribution in [3.05, 3.63) is 192 Å². The van der Waals surface area contributed by atoms with E-state index in [2.05, 4.69) is 117 Å². The van der Waals surface area contributed by atoms with Crippen molar-refractivity contribution in [1.82, 2.24) is 35.1 Å². The zero-order chi connectivity index (χ0) is 40.0. The first-order valence-electron chi connectivity index (χ1n) is 19.6. The van der Waals surface area contributed by atoms with Crippen LogP contribution in [0.1, 0.15) is 33.1 Å². The number of H-pyrrole nitrogens is 2. The van der Waals surface area contributed by atoms with Crippen LogP contribution in [0.4, 0.5) is 0 Å². The third-order valence-electron chi connectivity index (χ3n) is 10.8. The van der Waals surface area contributed by atoms with Crippen LogP contribution in [0.25, 0.3) is 102 Å². The Morgan fingerprint density at radius 1 is 0.433 bits per heavy atom. The maximum Gasteiger partial charge on any atom is 0.365 e. The fourth-order valence-corrected chi connectivity index (χ4v) is 8.05. The van der Waals surface area contributed by atoms with E-state index in [1.807, 2.05) is 72.8 Å². The lowest BCUT2D eigenvalue weighted by Crippen LogP contribution is -2.20. The van der Waals surface area contributed by atoms with Gasteiger partial charge in [0.1, 0.15) is 11.0 Å². The molecule has 8 bridgehead atoms. The Kier molecular flexibility index (Phi) is 8.41. The van der Waals surface area contributed by atoms with Crippen molar-refractivity contribution in [2.75, 3.05) is 0 Å². The highest BCUT2D eigenvalue weighted by molar-refractivity contribution is 6.00. The maximum absolute atomic E-state index is 13.4. The lowest BCUT2D eigenvalue weighted by molar-refractivity contribution is 0.0409. The molecule has 2 aliphatic heterocycles. The second-order valence-electron chi connectivity index (χ2n) is 14.5. The molecule has 0 radical (unpaired) electrons. The fourth-order valence-electron chi connectivity index (χ4n) is 8.05. The molecular formula is C51H33N7O2. The predicted octanol–water partition coefficient (Wildman–Crippen LogP) is 11.3. The third kappa shape index (κ3) is 6.18. The summed E-state index contributed by atoms with van der Waals surface area (Å²) in [6.07, 6.45) is 8.33. The number of rotatable bonds is 6. The Labute approximate surface area is 343 Å². The standard InChI is InChI=1S/C51H33N7O2/c59-51(60-58-46-19-11-10-18-37(46)56-57-58)36-22-20-35(21-23-36)50-44-30-28-42(54-44)48(33-14-6-2-7-15-33)40-26-24-38(52-40)47(32-12-4-1-5-13-32)39-25-27-41(53-39)49(34-16-8-3-9-17-34)43-29-31-45(50)55-43/h1-31,52,55H. The number of fused-ring (bicyclic) bond motifs is 9. The Bertz CT molecular complexity index is 3310. The summed E-state index contributed by atoms with van der Waals surface area (Å²) in [6, 6.07) is 54.2. The van der Waals surface area contributed by atoms with Crippen molar-refractivity contribution in [1.29, 1.82) is 0 Å². The van der Waals surface area contributed by atoms with E-state index in [0.717, 1.165) is 94.2 Å². The van der Waals surface area contributed by atoms with E-state index in [1.165, 1.54) is 0 Å². The summed E-state index contributed by atoms with van der Waals surface area (Å²) in [4.78, 5) is 38.5. The van der Waals surface area contributed by atoms with E-state index in [0.29, 0.717) is 16.6 Å². The van der Waals surface area contributed by atoms with Gasteiger partial charge >= 0.3 is 5.97 Å². The molecule has 0 atom stereocenters. The Morgan fingerprint density at radius 3 is 1.25 bits per heavy atom. The van der Waals surface area contributed by atoms with Gasteiger partial charge in [0.2, 0.25) is 0 Å². The molecule has 0 saturated carbocycles. The number of hydrogen-bond acceptors (Lipinski definition) is 6.